The largest absolute Gasteiger partial charge is 0.497 e. The van der Waals surface area contributed by atoms with E-state index in [2.05, 4.69) is 10.2 Å². The van der Waals surface area contributed by atoms with Gasteiger partial charge in [-0.3, -0.25) is 0 Å². The van der Waals surface area contributed by atoms with Crippen molar-refractivity contribution < 1.29 is 14.6 Å². The van der Waals surface area contributed by atoms with Crippen molar-refractivity contribution in [3.63, 3.8) is 0 Å². The molecule has 0 amide bonds. The summed E-state index contributed by atoms with van der Waals surface area (Å²) in [6, 6.07) is 6.06. The third kappa shape index (κ3) is 3.38. The van der Waals surface area contributed by atoms with Crippen molar-refractivity contribution in [1.29, 1.82) is 0 Å². The second-order valence-electron chi connectivity index (χ2n) is 2.93. The van der Waals surface area contributed by atoms with Gasteiger partial charge in [0.2, 0.25) is 0 Å². The Balaban J connectivity index is 2.68. The number of rotatable bonds is 4. The lowest BCUT2D eigenvalue weighted by molar-refractivity contribution is -0.138. The quantitative estimate of drug-likeness (QED) is 0.771. The molecule has 0 radical (unpaired) electrons. The zero-order chi connectivity index (χ0) is 11.3. The van der Waals surface area contributed by atoms with E-state index in [0.29, 0.717) is 5.69 Å². The van der Waals surface area contributed by atoms with Gasteiger partial charge in [0.15, 0.2) is 6.04 Å². The third-order valence-electron chi connectivity index (χ3n) is 1.78. The highest BCUT2D eigenvalue weighted by atomic mass is 16.5. The van der Waals surface area contributed by atoms with Crippen molar-refractivity contribution in [2.45, 2.75) is 13.0 Å². The molecule has 0 aliphatic heterocycles. The van der Waals surface area contributed by atoms with E-state index in [1.54, 1.807) is 31.4 Å². The van der Waals surface area contributed by atoms with Gasteiger partial charge in [-0.05, 0) is 31.2 Å². The van der Waals surface area contributed by atoms with Crippen LogP contribution in [-0.4, -0.2) is 24.2 Å². The molecule has 1 aromatic rings. The predicted molar refractivity (Wildman–Crippen MR) is 54.6 cm³/mol. The van der Waals surface area contributed by atoms with Gasteiger partial charge in [-0.2, -0.15) is 10.2 Å². The van der Waals surface area contributed by atoms with Gasteiger partial charge in [0.25, 0.3) is 0 Å². The maximum Gasteiger partial charge on any atom is 0.330 e. The number of carboxylic acids is 1. The molecule has 15 heavy (non-hydrogen) atoms. The molecule has 0 fully saturated rings. The van der Waals surface area contributed by atoms with Crippen LogP contribution >= 0.6 is 0 Å². The highest BCUT2D eigenvalue weighted by Gasteiger charge is 2.07. The SMILES string of the molecule is COc1ccc(N=NC(C)C(=O)O)cc1. The maximum atomic E-state index is 10.4. The van der Waals surface area contributed by atoms with Crippen LogP contribution in [0.5, 0.6) is 5.75 Å². The number of methoxy groups -OCH3 is 1. The van der Waals surface area contributed by atoms with E-state index < -0.39 is 12.0 Å². The number of azo groups is 1. The summed E-state index contributed by atoms with van der Waals surface area (Å²) in [6.07, 6.45) is 0. The standard InChI is InChI=1S/C10H12N2O3/c1-7(10(13)14)11-12-8-3-5-9(15-2)6-4-8/h3-7H,1-2H3,(H,13,14). The van der Waals surface area contributed by atoms with Crippen molar-refractivity contribution in [3.05, 3.63) is 24.3 Å². The Kier molecular flexibility index (Phi) is 3.79. The number of aliphatic carboxylic acids is 1. The lowest BCUT2D eigenvalue weighted by atomic mass is 10.3. The Hall–Kier alpha value is -1.91. The van der Waals surface area contributed by atoms with Crippen molar-refractivity contribution >= 4 is 11.7 Å². The van der Waals surface area contributed by atoms with E-state index in [1.807, 2.05) is 0 Å². The molecule has 5 nitrogen and oxygen atoms in total. The van der Waals surface area contributed by atoms with Gasteiger partial charge in [0, 0.05) is 0 Å². The first-order valence-corrected chi connectivity index (χ1v) is 4.41. The number of hydrogen-bond donors (Lipinski definition) is 1. The smallest absolute Gasteiger partial charge is 0.330 e. The minimum Gasteiger partial charge on any atom is -0.497 e. The molecule has 0 saturated heterocycles. The fourth-order valence-electron chi connectivity index (χ4n) is 0.852. The topological polar surface area (TPSA) is 71.2 Å². The molecule has 0 spiro atoms. The van der Waals surface area contributed by atoms with E-state index in [-0.39, 0.29) is 0 Å². The molecule has 0 bridgehead atoms. The molecular formula is C10H12N2O3. The fraction of sp³-hybridized carbons (Fsp3) is 0.300. The molecule has 80 valence electrons. The van der Waals surface area contributed by atoms with Gasteiger partial charge in [0.1, 0.15) is 5.75 Å². The van der Waals surface area contributed by atoms with E-state index >= 15 is 0 Å². The summed E-state index contributed by atoms with van der Waals surface area (Å²) in [5, 5.41) is 16.0. The lowest BCUT2D eigenvalue weighted by Gasteiger charge is -1.99. The molecule has 0 heterocycles. The molecule has 0 aromatic heterocycles. The Morgan fingerprint density at radius 1 is 1.40 bits per heavy atom. The van der Waals surface area contributed by atoms with Crippen molar-refractivity contribution in [2.75, 3.05) is 7.11 Å². The van der Waals surface area contributed by atoms with Crippen LogP contribution in [0.15, 0.2) is 34.5 Å². The van der Waals surface area contributed by atoms with E-state index in [4.69, 9.17) is 9.84 Å². The minimum absolute atomic E-state index is 0.601. The number of carboxylic acid groups (broad SMARTS) is 1. The van der Waals surface area contributed by atoms with E-state index in [1.165, 1.54) is 6.92 Å². The minimum atomic E-state index is -0.993. The number of ether oxygens (including phenoxy) is 1. The Bertz CT molecular complexity index is 359. The second kappa shape index (κ2) is 5.09. The van der Waals surface area contributed by atoms with Gasteiger partial charge in [-0.25, -0.2) is 4.79 Å². The van der Waals surface area contributed by atoms with Gasteiger partial charge in [-0.1, -0.05) is 0 Å². The van der Waals surface area contributed by atoms with Crippen LogP contribution < -0.4 is 4.74 Å². The predicted octanol–water partition coefficient (Wildman–Crippen LogP) is 2.25. The molecule has 1 unspecified atom stereocenters. The molecule has 1 atom stereocenters. The number of nitrogens with zero attached hydrogens (tertiary/aromatic N) is 2. The summed E-state index contributed by atoms with van der Waals surface area (Å²) >= 11 is 0. The van der Waals surface area contributed by atoms with Gasteiger partial charge >= 0.3 is 5.97 Å². The fourth-order valence-corrected chi connectivity index (χ4v) is 0.852. The van der Waals surface area contributed by atoms with Crippen molar-refractivity contribution in [1.82, 2.24) is 0 Å². The van der Waals surface area contributed by atoms with Gasteiger partial charge in [-0.15, -0.1) is 0 Å². The first-order valence-electron chi connectivity index (χ1n) is 4.41. The third-order valence-corrected chi connectivity index (χ3v) is 1.78. The second-order valence-corrected chi connectivity index (χ2v) is 2.93. The summed E-state index contributed by atoms with van der Waals surface area (Å²) in [7, 11) is 1.57. The molecule has 1 aromatic carbocycles. The molecule has 5 heteroatoms. The van der Waals surface area contributed by atoms with Gasteiger partial charge in [0.05, 0.1) is 12.8 Å². The van der Waals surface area contributed by atoms with Crippen molar-refractivity contribution in [3.8, 4) is 5.75 Å². The van der Waals surface area contributed by atoms with Crippen LogP contribution in [0.25, 0.3) is 0 Å². The Morgan fingerprint density at radius 2 is 2.00 bits per heavy atom. The zero-order valence-corrected chi connectivity index (χ0v) is 8.54. The highest BCUT2D eigenvalue weighted by molar-refractivity contribution is 5.72. The molecule has 0 aliphatic carbocycles. The van der Waals surface area contributed by atoms with Gasteiger partial charge < -0.3 is 9.84 Å². The molecule has 1 N–H and O–H groups in total. The number of benzene rings is 1. The Labute approximate surface area is 87.4 Å². The first kappa shape index (κ1) is 11.2. The molecule has 0 aliphatic rings. The van der Waals surface area contributed by atoms with Crippen LogP contribution in [0.2, 0.25) is 0 Å². The summed E-state index contributed by atoms with van der Waals surface area (Å²) in [4.78, 5) is 10.4. The monoisotopic (exact) mass is 208 g/mol. The van der Waals surface area contributed by atoms with Crippen LogP contribution in [0.3, 0.4) is 0 Å². The maximum absolute atomic E-state index is 10.4. The normalized spacial score (nSPS) is 12.7. The van der Waals surface area contributed by atoms with Crippen LogP contribution in [0.4, 0.5) is 5.69 Å². The van der Waals surface area contributed by atoms with Crippen LogP contribution in [0, 0.1) is 0 Å². The number of carbonyl (C=O) groups is 1. The molecule has 0 saturated carbocycles. The summed E-state index contributed by atoms with van der Waals surface area (Å²) in [6.45, 7) is 1.47. The number of hydrogen-bond acceptors (Lipinski definition) is 4. The van der Waals surface area contributed by atoms with Crippen molar-refractivity contribution in [2.24, 2.45) is 10.2 Å². The van der Waals surface area contributed by atoms with Crippen LogP contribution in [-0.2, 0) is 4.79 Å². The molecular weight excluding hydrogens is 196 g/mol. The highest BCUT2D eigenvalue weighted by Crippen LogP contribution is 2.18. The summed E-state index contributed by atoms with van der Waals surface area (Å²) < 4.78 is 4.97. The average Bonchev–Trinajstić information content (AvgIpc) is 2.26. The molecule has 1 rings (SSSR count). The summed E-state index contributed by atoms with van der Waals surface area (Å²) in [5.41, 5.74) is 0.601. The summed E-state index contributed by atoms with van der Waals surface area (Å²) in [5.74, 6) is -0.271. The van der Waals surface area contributed by atoms with E-state index in [9.17, 15) is 4.79 Å². The Morgan fingerprint density at radius 3 is 2.47 bits per heavy atom. The first-order chi connectivity index (χ1) is 7.13. The average molecular weight is 208 g/mol. The zero-order valence-electron chi connectivity index (χ0n) is 8.54. The lowest BCUT2D eigenvalue weighted by Crippen LogP contribution is -2.11. The van der Waals surface area contributed by atoms with E-state index in [0.717, 1.165) is 5.75 Å². The van der Waals surface area contributed by atoms with Crippen LogP contribution in [0.1, 0.15) is 6.92 Å².